The van der Waals surface area contributed by atoms with Crippen LogP contribution < -0.4 is 20.9 Å². The highest BCUT2D eigenvalue weighted by molar-refractivity contribution is 7.80. The first-order valence-electron chi connectivity index (χ1n) is 10.3. The van der Waals surface area contributed by atoms with Gasteiger partial charge in [-0.3, -0.25) is 25.2 Å². The zero-order valence-electron chi connectivity index (χ0n) is 17.9. The van der Waals surface area contributed by atoms with Crippen molar-refractivity contribution in [2.24, 2.45) is 0 Å². The van der Waals surface area contributed by atoms with Gasteiger partial charge in [-0.05, 0) is 36.3 Å². The Balaban J connectivity index is 1.65. The number of hydrogen-bond donors (Lipinski definition) is 3. The number of esters is 1. The SMILES string of the molecule is CCCOc1ccccc1C(=O)NNC(=S)NC(=O)CCC(=O)OCCc1ccccc1. The lowest BCUT2D eigenvalue weighted by molar-refractivity contribution is -0.144. The van der Waals surface area contributed by atoms with Gasteiger partial charge < -0.3 is 14.8 Å². The van der Waals surface area contributed by atoms with E-state index in [0.717, 1.165) is 12.0 Å². The number of nitrogens with one attached hydrogen (secondary N) is 3. The number of thiocarbonyl (C=S) groups is 1. The Morgan fingerprint density at radius 3 is 2.38 bits per heavy atom. The Morgan fingerprint density at radius 1 is 0.906 bits per heavy atom. The average molecular weight is 458 g/mol. The van der Waals surface area contributed by atoms with E-state index in [4.69, 9.17) is 21.7 Å². The number of para-hydroxylation sites is 1. The molecule has 0 bridgehead atoms. The van der Waals surface area contributed by atoms with E-state index in [0.29, 0.717) is 24.3 Å². The smallest absolute Gasteiger partial charge is 0.306 e. The second-order valence-corrected chi connectivity index (χ2v) is 7.17. The topological polar surface area (TPSA) is 106 Å². The van der Waals surface area contributed by atoms with E-state index in [1.54, 1.807) is 24.3 Å². The molecule has 2 rings (SSSR count). The van der Waals surface area contributed by atoms with Crippen LogP contribution in [0, 0.1) is 0 Å². The van der Waals surface area contributed by atoms with Crippen LogP contribution in [-0.2, 0) is 20.7 Å². The molecule has 0 radical (unpaired) electrons. The summed E-state index contributed by atoms with van der Waals surface area (Å²) < 4.78 is 10.7. The highest BCUT2D eigenvalue weighted by atomic mass is 32.1. The first-order chi connectivity index (χ1) is 15.5. The van der Waals surface area contributed by atoms with Crippen molar-refractivity contribution in [3.05, 3.63) is 65.7 Å². The lowest BCUT2D eigenvalue weighted by atomic mass is 10.2. The highest BCUT2D eigenvalue weighted by Gasteiger charge is 2.13. The van der Waals surface area contributed by atoms with Gasteiger partial charge in [-0.1, -0.05) is 49.4 Å². The van der Waals surface area contributed by atoms with E-state index in [2.05, 4.69) is 16.2 Å². The Kier molecular flexibility index (Phi) is 10.7. The average Bonchev–Trinajstić information content (AvgIpc) is 2.80. The van der Waals surface area contributed by atoms with Crippen LogP contribution in [0.3, 0.4) is 0 Å². The Hall–Kier alpha value is -3.46. The first-order valence-corrected chi connectivity index (χ1v) is 10.7. The Bertz CT molecular complexity index is 921. The molecule has 3 N–H and O–H groups in total. The highest BCUT2D eigenvalue weighted by Crippen LogP contribution is 2.17. The molecule has 0 heterocycles. The van der Waals surface area contributed by atoms with Crippen molar-refractivity contribution in [2.45, 2.75) is 32.6 Å². The molecule has 0 aliphatic heterocycles. The van der Waals surface area contributed by atoms with Gasteiger partial charge in [0.15, 0.2) is 5.11 Å². The summed E-state index contributed by atoms with van der Waals surface area (Å²) >= 11 is 5.00. The molecule has 170 valence electrons. The number of rotatable bonds is 10. The summed E-state index contributed by atoms with van der Waals surface area (Å²) in [5.74, 6) is -0.944. The fourth-order valence-electron chi connectivity index (χ4n) is 2.61. The maximum absolute atomic E-state index is 12.3. The zero-order chi connectivity index (χ0) is 23.2. The van der Waals surface area contributed by atoms with Crippen molar-refractivity contribution in [2.75, 3.05) is 13.2 Å². The second kappa shape index (κ2) is 13.8. The van der Waals surface area contributed by atoms with Crippen molar-refractivity contribution in [3.63, 3.8) is 0 Å². The maximum atomic E-state index is 12.3. The summed E-state index contributed by atoms with van der Waals surface area (Å²) in [5.41, 5.74) is 6.28. The number of hydrazine groups is 1. The molecule has 9 heteroatoms. The second-order valence-electron chi connectivity index (χ2n) is 6.76. The normalized spacial score (nSPS) is 10.0. The molecule has 2 aromatic carbocycles. The largest absolute Gasteiger partial charge is 0.493 e. The minimum atomic E-state index is -0.469. The molecule has 32 heavy (non-hydrogen) atoms. The van der Waals surface area contributed by atoms with Gasteiger partial charge in [0.25, 0.3) is 5.91 Å². The van der Waals surface area contributed by atoms with E-state index in [1.807, 2.05) is 37.3 Å². The summed E-state index contributed by atoms with van der Waals surface area (Å²) in [5, 5.41) is 2.31. The van der Waals surface area contributed by atoms with E-state index in [-0.39, 0.29) is 24.6 Å². The van der Waals surface area contributed by atoms with Gasteiger partial charge in [0.2, 0.25) is 5.91 Å². The number of benzene rings is 2. The van der Waals surface area contributed by atoms with E-state index in [1.165, 1.54) is 0 Å². The molecule has 0 aromatic heterocycles. The fraction of sp³-hybridized carbons (Fsp3) is 0.304. The third kappa shape index (κ3) is 9.13. The number of amides is 2. The minimum absolute atomic E-state index is 0.0717. The van der Waals surface area contributed by atoms with Crippen molar-refractivity contribution in [3.8, 4) is 5.75 Å². The first kappa shape index (κ1) is 24.8. The molecule has 0 atom stereocenters. The van der Waals surface area contributed by atoms with Gasteiger partial charge >= 0.3 is 5.97 Å². The molecule has 0 unspecified atom stereocenters. The summed E-state index contributed by atoms with van der Waals surface area (Å²) in [4.78, 5) is 36.1. The molecule has 2 amide bonds. The predicted octanol–water partition coefficient (Wildman–Crippen LogP) is 2.68. The van der Waals surface area contributed by atoms with Gasteiger partial charge in [0.05, 0.1) is 25.2 Å². The van der Waals surface area contributed by atoms with Crippen LogP contribution in [0.2, 0.25) is 0 Å². The third-order valence-corrected chi connectivity index (χ3v) is 4.39. The minimum Gasteiger partial charge on any atom is -0.493 e. The standard InChI is InChI=1S/C23H27N3O5S/c1-2-15-30-19-11-7-6-10-18(19)22(29)25-26-23(32)24-20(27)12-13-21(28)31-16-14-17-8-4-3-5-9-17/h3-11H,2,12-16H2,1H3,(H,25,29)(H2,24,26,27,32). The molecule has 0 fully saturated rings. The predicted molar refractivity (Wildman–Crippen MR) is 124 cm³/mol. The number of ether oxygens (including phenoxy) is 2. The molecular formula is C23H27N3O5S. The molecule has 0 saturated carbocycles. The molecule has 0 aliphatic carbocycles. The maximum Gasteiger partial charge on any atom is 0.306 e. The van der Waals surface area contributed by atoms with Crippen LogP contribution in [-0.4, -0.2) is 36.1 Å². The van der Waals surface area contributed by atoms with Gasteiger partial charge in [0.1, 0.15) is 5.75 Å². The van der Waals surface area contributed by atoms with Crippen LogP contribution in [0.1, 0.15) is 42.1 Å². The van der Waals surface area contributed by atoms with Crippen molar-refractivity contribution >= 4 is 35.1 Å². The van der Waals surface area contributed by atoms with Crippen molar-refractivity contribution < 1.29 is 23.9 Å². The van der Waals surface area contributed by atoms with E-state index in [9.17, 15) is 14.4 Å². The fourth-order valence-corrected chi connectivity index (χ4v) is 2.77. The molecule has 2 aromatic rings. The van der Waals surface area contributed by atoms with Crippen molar-refractivity contribution in [1.29, 1.82) is 0 Å². The van der Waals surface area contributed by atoms with Crippen molar-refractivity contribution in [1.82, 2.24) is 16.2 Å². The monoisotopic (exact) mass is 457 g/mol. The number of carbonyl (C=O) groups excluding carboxylic acids is 3. The molecule has 0 saturated heterocycles. The van der Waals surface area contributed by atoms with Crippen LogP contribution in [0.5, 0.6) is 5.75 Å². The van der Waals surface area contributed by atoms with Crippen LogP contribution >= 0.6 is 12.2 Å². The van der Waals surface area contributed by atoms with E-state index < -0.39 is 17.8 Å². The van der Waals surface area contributed by atoms with Gasteiger partial charge in [-0.15, -0.1) is 0 Å². The molecular weight excluding hydrogens is 430 g/mol. The Morgan fingerprint density at radius 2 is 1.62 bits per heavy atom. The summed E-state index contributed by atoms with van der Waals surface area (Å²) in [6, 6.07) is 16.4. The number of carbonyl (C=O) groups is 3. The van der Waals surface area contributed by atoms with Crippen LogP contribution in [0.25, 0.3) is 0 Å². The zero-order valence-corrected chi connectivity index (χ0v) is 18.7. The summed E-state index contributed by atoms with van der Waals surface area (Å²) in [7, 11) is 0. The van der Waals surface area contributed by atoms with Crippen LogP contribution in [0.4, 0.5) is 0 Å². The van der Waals surface area contributed by atoms with Gasteiger partial charge in [-0.2, -0.15) is 0 Å². The van der Waals surface area contributed by atoms with Crippen LogP contribution in [0.15, 0.2) is 54.6 Å². The molecule has 0 spiro atoms. The number of hydrogen-bond acceptors (Lipinski definition) is 6. The summed E-state index contributed by atoms with van der Waals surface area (Å²) in [6.07, 6.45) is 1.26. The third-order valence-electron chi connectivity index (χ3n) is 4.19. The Labute approximate surface area is 192 Å². The lowest BCUT2D eigenvalue weighted by Gasteiger charge is -2.13. The molecule has 0 aliphatic rings. The van der Waals surface area contributed by atoms with Gasteiger partial charge in [-0.25, -0.2) is 0 Å². The van der Waals surface area contributed by atoms with Gasteiger partial charge in [0, 0.05) is 12.8 Å². The van der Waals surface area contributed by atoms with E-state index >= 15 is 0 Å². The lowest BCUT2D eigenvalue weighted by Crippen LogP contribution is -2.48. The quantitative estimate of drug-likeness (QED) is 0.286. The molecule has 8 nitrogen and oxygen atoms in total. The summed E-state index contributed by atoms with van der Waals surface area (Å²) in [6.45, 7) is 2.70.